The molecule has 0 bridgehead atoms. The highest BCUT2D eigenvalue weighted by atomic mass is 79.9. The molecule has 3 aromatic carbocycles. The monoisotopic (exact) mass is 397 g/mol. The Morgan fingerprint density at radius 3 is 2.36 bits per heavy atom. The average molecular weight is 398 g/mol. The molecule has 0 aromatic heterocycles. The summed E-state index contributed by atoms with van der Waals surface area (Å²) in [6.45, 7) is 0. The van der Waals surface area contributed by atoms with Crippen LogP contribution in [0.3, 0.4) is 0 Å². The Balaban J connectivity index is 1.80. The number of amides is 1. The van der Waals surface area contributed by atoms with Crippen LogP contribution in [0.5, 0.6) is 0 Å². The highest BCUT2D eigenvalue weighted by Crippen LogP contribution is 2.19. The summed E-state index contributed by atoms with van der Waals surface area (Å²) in [7, 11) is 0. The zero-order valence-electron chi connectivity index (χ0n) is 13.3. The zero-order valence-corrected chi connectivity index (χ0v) is 14.9. The van der Waals surface area contributed by atoms with E-state index < -0.39 is 17.9 Å². The number of rotatable bonds is 5. The van der Waals surface area contributed by atoms with Crippen LogP contribution in [-0.4, -0.2) is 23.0 Å². The largest absolute Gasteiger partial charge is 0.480 e. The third-order valence-electron chi connectivity index (χ3n) is 4.00. The number of fused-ring (bicyclic) bond motifs is 1. The van der Waals surface area contributed by atoms with E-state index in [0.717, 1.165) is 20.8 Å². The number of hydrogen-bond acceptors (Lipinski definition) is 2. The molecular weight excluding hydrogens is 382 g/mol. The van der Waals surface area contributed by atoms with Crippen molar-refractivity contribution >= 4 is 38.6 Å². The van der Waals surface area contributed by atoms with Crippen LogP contribution < -0.4 is 5.32 Å². The van der Waals surface area contributed by atoms with E-state index in [-0.39, 0.29) is 6.42 Å². The molecule has 0 aliphatic rings. The van der Waals surface area contributed by atoms with Gasteiger partial charge in [0.05, 0.1) is 0 Å². The van der Waals surface area contributed by atoms with Gasteiger partial charge in [-0.3, -0.25) is 4.79 Å². The van der Waals surface area contributed by atoms with E-state index in [4.69, 9.17) is 0 Å². The molecule has 3 rings (SSSR count). The van der Waals surface area contributed by atoms with Gasteiger partial charge in [0, 0.05) is 16.5 Å². The maximum Gasteiger partial charge on any atom is 0.326 e. The molecule has 0 saturated heterocycles. The Morgan fingerprint density at radius 2 is 1.64 bits per heavy atom. The summed E-state index contributed by atoms with van der Waals surface area (Å²) < 4.78 is 0.821. The van der Waals surface area contributed by atoms with Crippen molar-refractivity contribution in [1.29, 1.82) is 0 Å². The predicted octanol–water partition coefficient (Wildman–Crippen LogP) is 4.03. The molecule has 1 atom stereocenters. The zero-order chi connectivity index (χ0) is 17.8. The second-order valence-electron chi connectivity index (χ2n) is 5.72. The molecule has 3 aromatic rings. The first-order valence-electron chi connectivity index (χ1n) is 7.80. The number of benzene rings is 3. The van der Waals surface area contributed by atoms with E-state index in [2.05, 4.69) is 21.2 Å². The number of halogens is 1. The van der Waals surface area contributed by atoms with Gasteiger partial charge in [0.1, 0.15) is 6.04 Å². The highest BCUT2D eigenvalue weighted by Gasteiger charge is 2.22. The van der Waals surface area contributed by atoms with Crippen LogP contribution in [0.4, 0.5) is 0 Å². The van der Waals surface area contributed by atoms with Crippen molar-refractivity contribution in [1.82, 2.24) is 5.32 Å². The molecule has 2 N–H and O–H groups in total. The smallest absolute Gasteiger partial charge is 0.326 e. The maximum absolute atomic E-state index is 12.5. The highest BCUT2D eigenvalue weighted by molar-refractivity contribution is 9.10. The van der Waals surface area contributed by atoms with Crippen LogP contribution in [0.25, 0.3) is 10.8 Å². The lowest BCUT2D eigenvalue weighted by Gasteiger charge is -2.16. The second kappa shape index (κ2) is 7.49. The Hall–Kier alpha value is -2.66. The van der Waals surface area contributed by atoms with E-state index in [1.54, 1.807) is 12.1 Å². The van der Waals surface area contributed by atoms with Gasteiger partial charge in [0.15, 0.2) is 0 Å². The van der Waals surface area contributed by atoms with Crippen molar-refractivity contribution in [2.75, 3.05) is 0 Å². The lowest BCUT2D eigenvalue weighted by molar-refractivity contribution is -0.139. The predicted molar refractivity (Wildman–Crippen MR) is 101 cm³/mol. The maximum atomic E-state index is 12.5. The number of nitrogens with one attached hydrogen (secondary N) is 1. The molecule has 1 amide bonds. The summed E-state index contributed by atoms with van der Waals surface area (Å²) in [6.07, 6.45) is 0.204. The molecule has 25 heavy (non-hydrogen) atoms. The van der Waals surface area contributed by atoms with E-state index >= 15 is 0 Å². The molecule has 5 heteroatoms. The molecule has 0 heterocycles. The molecule has 0 aliphatic heterocycles. The fraction of sp³-hybridized carbons (Fsp3) is 0.100. The van der Waals surface area contributed by atoms with E-state index in [1.807, 2.05) is 54.6 Å². The molecule has 4 nitrogen and oxygen atoms in total. The fourth-order valence-electron chi connectivity index (χ4n) is 2.66. The molecular formula is C20H16BrNO3. The Bertz CT molecular complexity index is 939. The minimum absolute atomic E-state index is 0.204. The van der Waals surface area contributed by atoms with Crippen LogP contribution in [0.2, 0.25) is 0 Å². The minimum Gasteiger partial charge on any atom is -0.480 e. The standard InChI is InChI=1S/C20H16BrNO3/c21-17-8-4-3-7-15(17)12-18(20(24)25)22-19(23)16-10-9-13-5-1-2-6-14(13)11-16/h1-11,18H,12H2,(H,22,23)(H,24,25)/t18-/m1/s1. The summed E-state index contributed by atoms with van der Waals surface area (Å²) in [5.74, 6) is -1.46. The van der Waals surface area contributed by atoms with Gasteiger partial charge in [-0.05, 0) is 34.5 Å². The third kappa shape index (κ3) is 4.06. The molecule has 126 valence electrons. The summed E-state index contributed by atoms with van der Waals surface area (Å²) in [5.41, 5.74) is 1.27. The fourth-order valence-corrected chi connectivity index (χ4v) is 3.10. The summed E-state index contributed by atoms with van der Waals surface area (Å²) in [5, 5.41) is 14.0. The topological polar surface area (TPSA) is 66.4 Å². The van der Waals surface area contributed by atoms with Gasteiger partial charge in [-0.2, -0.15) is 0 Å². The first-order chi connectivity index (χ1) is 12.0. The molecule has 0 saturated carbocycles. The lowest BCUT2D eigenvalue weighted by Crippen LogP contribution is -2.42. The van der Waals surface area contributed by atoms with Crippen LogP contribution in [-0.2, 0) is 11.2 Å². The summed E-state index contributed by atoms with van der Waals surface area (Å²) in [4.78, 5) is 24.1. The molecule has 0 radical (unpaired) electrons. The van der Waals surface area contributed by atoms with Crippen molar-refractivity contribution in [2.24, 2.45) is 0 Å². The summed E-state index contributed by atoms with van der Waals surface area (Å²) >= 11 is 3.41. The Kier molecular flexibility index (Phi) is 5.14. The number of carboxylic acid groups (broad SMARTS) is 1. The number of aliphatic carboxylic acids is 1. The van der Waals surface area contributed by atoms with Gasteiger partial charge in [-0.15, -0.1) is 0 Å². The van der Waals surface area contributed by atoms with Crippen LogP contribution in [0.15, 0.2) is 71.2 Å². The quantitative estimate of drug-likeness (QED) is 0.682. The van der Waals surface area contributed by atoms with Gasteiger partial charge >= 0.3 is 5.97 Å². The van der Waals surface area contributed by atoms with Crippen molar-refractivity contribution in [3.63, 3.8) is 0 Å². The van der Waals surface area contributed by atoms with Gasteiger partial charge < -0.3 is 10.4 Å². The molecule has 0 spiro atoms. The van der Waals surface area contributed by atoms with E-state index in [9.17, 15) is 14.7 Å². The van der Waals surface area contributed by atoms with Crippen molar-refractivity contribution < 1.29 is 14.7 Å². The SMILES string of the molecule is O=C(N[C@H](Cc1ccccc1Br)C(=O)O)c1ccc2ccccc2c1. The number of carbonyl (C=O) groups is 2. The number of carbonyl (C=O) groups excluding carboxylic acids is 1. The first-order valence-corrected chi connectivity index (χ1v) is 8.60. The molecule has 0 aliphatic carbocycles. The van der Waals surface area contributed by atoms with Crippen molar-refractivity contribution in [2.45, 2.75) is 12.5 Å². The Labute approximate surface area is 153 Å². The number of carboxylic acids is 1. The normalized spacial score (nSPS) is 11.9. The van der Waals surface area contributed by atoms with Crippen LogP contribution in [0, 0.1) is 0 Å². The van der Waals surface area contributed by atoms with Crippen molar-refractivity contribution in [3.05, 3.63) is 82.3 Å². The van der Waals surface area contributed by atoms with Gasteiger partial charge in [-0.25, -0.2) is 4.79 Å². The molecule has 0 fully saturated rings. The molecule has 0 unspecified atom stereocenters. The third-order valence-corrected chi connectivity index (χ3v) is 4.77. The average Bonchev–Trinajstić information content (AvgIpc) is 2.62. The minimum atomic E-state index is -1.06. The van der Waals surface area contributed by atoms with Gasteiger partial charge in [0.25, 0.3) is 5.91 Å². The van der Waals surface area contributed by atoms with Crippen LogP contribution >= 0.6 is 15.9 Å². The first kappa shape index (κ1) is 17.2. The van der Waals surface area contributed by atoms with E-state index in [0.29, 0.717) is 5.56 Å². The van der Waals surface area contributed by atoms with Crippen LogP contribution in [0.1, 0.15) is 15.9 Å². The lowest BCUT2D eigenvalue weighted by atomic mass is 10.0. The Morgan fingerprint density at radius 1 is 0.960 bits per heavy atom. The van der Waals surface area contributed by atoms with E-state index in [1.165, 1.54) is 0 Å². The second-order valence-corrected chi connectivity index (χ2v) is 6.58. The van der Waals surface area contributed by atoms with Gasteiger partial charge in [0.2, 0.25) is 0 Å². The van der Waals surface area contributed by atoms with Crippen molar-refractivity contribution in [3.8, 4) is 0 Å². The van der Waals surface area contributed by atoms with Gasteiger partial charge in [-0.1, -0.05) is 64.5 Å². The summed E-state index contributed by atoms with van der Waals surface area (Å²) in [6, 6.07) is 19.4. The number of hydrogen-bond donors (Lipinski definition) is 2.